The van der Waals surface area contributed by atoms with E-state index >= 15 is 0 Å². The van der Waals surface area contributed by atoms with Crippen LogP contribution < -0.4 is 4.90 Å². The van der Waals surface area contributed by atoms with Gasteiger partial charge in [-0.15, -0.1) is 0 Å². The quantitative estimate of drug-likeness (QED) is 0.218. The van der Waals surface area contributed by atoms with Crippen molar-refractivity contribution in [3.63, 3.8) is 0 Å². The molecule has 0 radical (unpaired) electrons. The van der Waals surface area contributed by atoms with Crippen molar-refractivity contribution < 1.29 is 14.4 Å². The number of ether oxygens (including phenoxy) is 2. The van der Waals surface area contributed by atoms with Crippen LogP contribution in [0.15, 0.2) is 36.5 Å². The van der Waals surface area contributed by atoms with Crippen molar-refractivity contribution in [2.45, 2.75) is 32.4 Å². The van der Waals surface area contributed by atoms with E-state index < -0.39 is 8.07 Å². The highest BCUT2D eigenvalue weighted by Crippen LogP contribution is 2.32. The summed E-state index contributed by atoms with van der Waals surface area (Å²) in [5, 5.41) is 16.9. The maximum atomic E-state index is 11.4. The summed E-state index contributed by atoms with van der Waals surface area (Å²) >= 11 is 0. The smallest absolute Gasteiger partial charge is 0.270 e. The predicted octanol–water partition coefficient (Wildman–Crippen LogP) is 4.16. The summed E-state index contributed by atoms with van der Waals surface area (Å²) in [4.78, 5) is 17.7. The molecule has 0 atom stereocenters. The maximum absolute atomic E-state index is 11.4. The van der Waals surface area contributed by atoms with Crippen molar-refractivity contribution in [2.75, 3.05) is 37.8 Å². The number of nitrogens with zero attached hydrogens (tertiary/aromatic N) is 5. The Balaban J connectivity index is 1.68. The number of hydrogen-bond donors (Lipinski definition) is 0. The Kier molecular flexibility index (Phi) is 6.54. The third-order valence-corrected chi connectivity index (χ3v) is 7.21. The van der Waals surface area contributed by atoms with E-state index in [0.29, 0.717) is 32.2 Å². The van der Waals surface area contributed by atoms with Gasteiger partial charge in [0.1, 0.15) is 18.2 Å². The Morgan fingerprint density at radius 2 is 1.97 bits per heavy atom. The fourth-order valence-electron chi connectivity index (χ4n) is 3.65. The molecule has 0 spiro atoms. The van der Waals surface area contributed by atoms with E-state index in [2.05, 4.69) is 29.5 Å². The van der Waals surface area contributed by atoms with Gasteiger partial charge in [0.2, 0.25) is 0 Å². The lowest BCUT2D eigenvalue weighted by Crippen LogP contribution is -2.36. The number of fused-ring (bicyclic) bond motifs is 1. The molecule has 0 unspecified atom stereocenters. The molecule has 0 amide bonds. The Hall–Kier alpha value is -2.82. The van der Waals surface area contributed by atoms with Crippen LogP contribution in [0.2, 0.25) is 25.7 Å². The van der Waals surface area contributed by atoms with E-state index in [0.717, 1.165) is 41.4 Å². The van der Waals surface area contributed by atoms with E-state index in [4.69, 9.17) is 14.6 Å². The summed E-state index contributed by atoms with van der Waals surface area (Å²) in [5.41, 5.74) is 2.41. The minimum atomic E-state index is -1.19. The molecule has 1 aliphatic rings. The van der Waals surface area contributed by atoms with Crippen LogP contribution in [0.4, 0.5) is 11.5 Å². The standard InChI is InChI=1S/C22H29N5O4Si/c1-32(2,3)13-12-31-16-26-20-5-4-18(27(28)29)15-19(20)22(24-26)17-6-7-23-21(14-17)25-8-10-30-11-9-25/h4-7,14-15H,8-13,16H2,1-3H3. The minimum absolute atomic E-state index is 0.0420. The van der Waals surface area contributed by atoms with E-state index in [9.17, 15) is 10.1 Å². The third-order valence-electron chi connectivity index (χ3n) is 5.51. The Bertz CT molecular complexity index is 1110. The topological polar surface area (TPSA) is 95.5 Å². The molecule has 1 saturated heterocycles. The van der Waals surface area contributed by atoms with Crippen LogP contribution in [0.3, 0.4) is 0 Å². The average molecular weight is 456 g/mol. The number of nitro benzene ring substituents is 1. The molecule has 3 aromatic rings. The number of morpholine rings is 1. The SMILES string of the molecule is C[Si](C)(C)CCOCn1nc(-c2ccnc(N3CCOCC3)c2)c2cc([N+](=O)[O-])ccc21. The Morgan fingerprint density at radius 3 is 2.69 bits per heavy atom. The molecule has 170 valence electrons. The summed E-state index contributed by atoms with van der Waals surface area (Å²) in [5.74, 6) is 0.852. The van der Waals surface area contributed by atoms with Crippen molar-refractivity contribution in [2.24, 2.45) is 0 Å². The number of non-ortho nitro benzene ring substituents is 1. The summed E-state index contributed by atoms with van der Waals surface area (Å²) in [6.45, 7) is 10.8. The van der Waals surface area contributed by atoms with Crippen molar-refractivity contribution in [3.8, 4) is 11.3 Å². The van der Waals surface area contributed by atoms with Gasteiger partial charge in [0.05, 0.1) is 23.7 Å². The zero-order chi connectivity index (χ0) is 22.7. The lowest BCUT2D eigenvalue weighted by atomic mass is 10.1. The zero-order valence-electron chi connectivity index (χ0n) is 18.8. The minimum Gasteiger partial charge on any atom is -0.378 e. The van der Waals surface area contributed by atoms with Gasteiger partial charge in [0, 0.05) is 57.0 Å². The molecule has 2 aromatic heterocycles. The fourth-order valence-corrected chi connectivity index (χ4v) is 4.41. The molecular formula is C22H29N5O4Si. The van der Waals surface area contributed by atoms with Crippen LogP contribution in [-0.2, 0) is 16.2 Å². The van der Waals surface area contributed by atoms with Gasteiger partial charge in [-0.3, -0.25) is 10.1 Å². The van der Waals surface area contributed by atoms with Crippen LogP contribution >= 0.6 is 0 Å². The predicted molar refractivity (Wildman–Crippen MR) is 127 cm³/mol. The molecule has 0 bridgehead atoms. The number of benzene rings is 1. The number of pyridine rings is 1. The Labute approximate surface area is 188 Å². The van der Waals surface area contributed by atoms with Crippen molar-refractivity contribution in [1.29, 1.82) is 0 Å². The van der Waals surface area contributed by atoms with Crippen LogP contribution in [0.1, 0.15) is 0 Å². The van der Waals surface area contributed by atoms with Crippen molar-refractivity contribution in [3.05, 3.63) is 46.6 Å². The van der Waals surface area contributed by atoms with E-state index in [-0.39, 0.29) is 10.6 Å². The normalized spacial score (nSPS) is 14.8. The molecule has 1 fully saturated rings. The number of hydrogen-bond acceptors (Lipinski definition) is 7. The van der Waals surface area contributed by atoms with Crippen LogP contribution in [-0.4, -0.2) is 60.7 Å². The summed E-state index contributed by atoms with van der Waals surface area (Å²) in [6.07, 6.45) is 1.76. The lowest BCUT2D eigenvalue weighted by Gasteiger charge is -2.27. The molecule has 0 N–H and O–H groups in total. The molecule has 1 aliphatic heterocycles. The highest BCUT2D eigenvalue weighted by atomic mass is 28.3. The first-order chi connectivity index (χ1) is 15.3. The van der Waals surface area contributed by atoms with E-state index in [1.54, 1.807) is 23.0 Å². The van der Waals surface area contributed by atoms with Gasteiger partial charge >= 0.3 is 0 Å². The van der Waals surface area contributed by atoms with Gasteiger partial charge in [0.25, 0.3) is 5.69 Å². The molecule has 4 rings (SSSR count). The number of rotatable bonds is 8. The Morgan fingerprint density at radius 1 is 1.19 bits per heavy atom. The average Bonchev–Trinajstić information content (AvgIpc) is 3.15. The number of anilines is 1. The molecule has 0 saturated carbocycles. The molecule has 9 nitrogen and oxygen atoms in total. The molecule has 0 aliphatic carbocycles. The first-order valence-electron chi connectivity index (χ1n) is 10.8. The van der Waals surface area contributed by atoms with Gasteiger partial charge in [-0.05, 0) is 24.2 Å². The first kappa shape index (κ1) is 22.4. The second-order valence-corrected chi connectivity index (χ2v) is 14.8. The number of nitro groups is 1. The van der Waals surface area contributed by atoms with Gasteiger partial charge in [-0.2, -0.15) is 5.10 Å². The third kappa shape index (κ3) is 5.14. The van der Waals surface area contributed by atoms with Gasteiger partial charge in [-0.1, -0.05) is 19.6 Å². The lowest BCUT2D eigenvalue weighted by molar-refractivity contribution is -0.384. The summed E-state index contributed by atoms with van der Waals surface area (Å²) < 4.78 is 13.1. The highest BCUT2D eigenvalue weighted by molar-refractivity contribution is 6.76. The molecular weight excluding hydrogens is 426 g/mol. The molecule has 1 aromatic carbocycles. The van der Waals surface area contributed by atoms with E-state index in [1.807, 2.05) is 12.1 Å². The molecule has 3 heterocycles. The largest absolute Gasteiger partial charge is 0.378 e. The van der Waals surface area contributed by atoms with Crippen molar-refractivity contribution in [1.82, 2.24) is 14.8 Å². The zero-order valence-corrected chi connectivity index (χ0v) is 19.8. The van der Waals surface area contributed by atoms with E-state index in [1.165, 1.54) is 6.07 Å². The maximum Gasteiger partial charge on any atom is 0.270 e. The van der Waals surface area contributed by atoms with Gasteiger partial charge < -0.3 is 14.4 Å². The van der Waals surface area contributed by atoms with Crippen LogP contribution in [0.5, 0.6) is 0 Å². The first-order valence-corrected chi connectivity index (χ1v) is 14.5. The second kappa shape index (κ2) is 9.35. The van der Waals surface area contributed by atoms with Crippen molar-refractivity contribution >= 4 is 30.5 Å². The molecule has 10 heteroatoms. The van der Waals surface area contributed by atoms with Gasteiger partial charge in [0.15, 0.2) is 0 Å². The van der Waals surface area contributed by atoms with Crippen LogP contribution in [0, 0.1) is 10.1 Å². The molecule has 32 heavy (non-hydrogen) atoms. The van der Waals surface area contributed by atoms with Crippen LogP contribution in [0.25, 0.3) is 22.2 Å². The summed E-state index contributed by atoms with van der Waals surface area (Å²) in [7, 11) is -1.19. The monoisotopic (exact) mass is 455 g/mol. The fraction of sp³-hybridized carbons (Fsp3) is 0.455. The summed E-state index contributed by atoms with van der Waals surface area (Å²) in [6, 6.07) is 9.79. The highest BCUT2D eigenvalue weighted by Gasteiger charge is 2.19. The number of aromatic nitrogens is 3. The second-order valence-electron chi connectivity index (χ2n) is 9.16. The van der Waals surface area contributed by atoms with Gasteiger partial charge in [-0.25, -0.2) is 9.67 Å².